The van der Waals surface area contributed by atoms with E-state index in [-0.39, 0.29) is 6.10 Å². The van der Waals surface area contributed by atoms with Gasteiger partial charge >= 0.3 is 18.0 Å². The molecule has 1 amide bonds. The third-order valence-electron chi connectivity index (χ3n) is 4.62. The minimum atomic E-state index is -1.82. The molecular weight excluding hydrogens is 432 g/mol. The Kier molecular flexibility index (Phi) is 14.3. The highest BCUT2D eigenvalue weighted by molar-refractivity contribution is 6.27. The Morgan fingerprint density at radius 1 is 1.06 bits per heavy atom. The number of nitrogens with zero attached hydrogens (tertiary/aromatic N) is 1. The first-order chi connectivity index (χ1) is 15.8. The summed E-state index contributed by atoms with van der Waals surface area (Å²) in [4.78, 5) is 32.9. The van der Waals surface area contributed by atoms with Crippen LogP contribution in [0.15, 0.2) is 24.3 Å². The van der Waals surface area contributed by atoms with Gasteiger partial charge in [0.2, 0.25) is 0 Å². The number of unbranched alkanes of at least 4 members (excludes halogenated alkanes) is 1. The summed E-state index contributed by atoms with van der Waals surface area (Å²) in [5.41, 5.74) is 0.670. The summed E-state index contributed by atoms with van der Waals surface area (Å²) in [7, 11) is 0. The molecule has 10 nitrogen and oxygen atoms in total. The van der Waals surface area contributed by atoms with Gasteiger partial charge in [0.15, 0.2) is 0 Å². The van der Waals surface area contributed by atoms with Gasteiger partial charge in [-0.3, -0.25) is 10.2 Å². The van der Waals surface area contributed by atoms with E-state index in [1.165, 1.54) is 12.8 Å². The number of carbonyl (C=O) groups excluding carboxylic acids is 1. The highest BCUT2D eigenvalue weighted by Gasteiger charge is 2.21. The molecule has 1 fully saturated rings. The fourth-order valence-electron chi connectivity index (χ4n) is 3.03. The standard InChI is InChI=1S/C21H34N2O4.C2H2O4/c1-3-5-14-26-19-10-8-9-18(15-19)22-21(24)27-20(17-25-13-4-2)16-23-11-6-7-12-23;3-1(4)2(5)6/h8-10,15,20H,3-7,11-14,16-17H2,1-2H3,(H,22,24);(H,3,4)(H,5,6). The summed E-state index contributed by atoms with van der Waals surface area (Å²) in [5.74, 6) is -2.90. The Bertz CT molecular complexity index is 710. The van der Waals surface area contributed by atoms with Gasteiger partial charge in [0, 0.05) is 24.9 Å². The van der Waals surface area contributed by atoms with E-state index in [4.69, 9.17) is 34.0 Å². The number of aliphatic carboxylic acids is 2. The van der Waals surface area contributed by atoms with Crippen LogP contribution in [0, 0.1) is 0 Å². The molecule has 1 saturated heterocycles. The molecule has 0 aliphatic carbocycles. The lowest BCUT2D eigenvalue weighted by atomic mass is 10.3. The van der Waals surface area contributed by atoms with Crippen LogP contribution in [0.1, 0.15) is 46.0 Å². The number of benzene rings is 1. The summed E-state index contributed by atoms with van der Waals surface area (Å²) < 4.78 is 17.0. The van der Waals surface area contributed by atoms with Gasteiger partial charge < -0.3 is 24.4 Å². The van der Waals surface area contributed by atoms with Crippen molar-refractivity contribution in [2.45, 2.75) is 52.1 Å². The van der Waals surface area contributed by atoms with Crippen molar-refractivity contribution < 1.29 is 38.8 Å². The number of rotatable bonds is 12. The Morgan fingerprint density at radius 3 is 2.36 bits per heavy atom. The molecule has 0 bridgehead atoms. The number of ether oxygens (including phenoxy) is 3. The molecule has 1 atom stereocenters. The number of carboxylic acid groups (broad SMARTS) is 2. The molecule has 0 radical (unpaired) electrons. The second kappa shape index (κ2) is 16.7. The van der Waals surface area contributed by atoms with Crippen molar-refractivity contribution >= 4 is 23.7 Å². The monoisotopic (exact) mass is 468 g/mol. The zero-order chi connectivity index (χ0) is 24.5. The molecule has 0 aromatic heterocycles. The van der Waals surface area contributed by atoms with Crippen molar-refractivity contribution in [1.29, 1.82) is 0 Å². The highest BCUT2D eigenvalue weighted by atomic mass is 16.6. The van der Waals surface area contributed by atoms with Crippen LogP contribution in [0.25, 0.3) is 0 Å². The molecule has 2 rings (SSSR count). The average Bonchev–Trinajstić information content (AvgIpc) is 3.28. The van der Waals surface area contributed by atoms with Crippen LogP contribution in [0.2, 0.25) is 0 Å². The van der Waals surface area contributed by atoms with Gasteiger partial charge in [-0.2, -0.15) is 0 Å². The first-order valence-electron chi connectivity index (χ1n) is 11.3. The summed E-state index contributed by atoms with van der Waals surface area (Å²) in [5, 5.41) is 17.6. The Hall–Kier alpha value is -2.85. The van der Waals surface area contributed by atoms with Crippen molar-refractivity contribution in [2.75, 3.05) is 44.8 Å². The SMILES string of the molecule is CCCCOc1cccc(NC(=O)OC(COCCC)CN2CCCC2)c1.O=C(O)C(=O)O. The quantitative estimate of drug-likeness (QED) is 0.311. The number of hydrogen-bond acceptors (Lipinski definition) is 7. The van der Waals surface area contributed by atoms with E-state index < -0.39 is 18.0 Å². The lowest BCUT2D eigenvalue weighted by molar-refractivity contribution is -0.159. The molecule has 0 spiro atoms. The van der Waals surface area contributed by atoms with E-state index in [1.54, 1.807) is 0 Å². The molecule has 1 aromatic rings. The number of likely N-dealkylation sites (tertiary alicyclic amines) is 1. The van der Waals surface area contributed by atoms with E-state index >= 15 is 0 Å². The maximum absolute atomic E-state index is 12.4. The Balaban J connectivity index is 0.000000801. The largest absolute Gasteiger partial charge is 0.494 e. The summed E-state index contributed by atoms with van der Waals surface area (Å²) in [6, 6.07) is 7.40. The van der Waals surface area contributed by atoms with Crippen molar-refractivity contribution in [3.63, 3.8) is 0 Å². The van der Waals surface area contributed by atoms with Crippen molar-refractivity contribution in [3.8, 4) is 5.75 Å². The second-order valence-electron chi connectivity index (χ2n) is 7.58. The highest BCUT2D eigenvalue weighted by Crippen LogP contribution is 2.18. The van der Waals surface area contributed by atoms with Gasteiger partial charge in [0.1, 0.15) is 11.9 Å². The molecule has 1 aliphatic rings. The number of nitrogens with one attached hydrogen (secondary N) is 1. The van der Waals surface area contributed by atoms with Crippen LogP contribution < -0.4 is 10.1 Å². The third kappa shape index (κ3) is 13.3. The van der Waals surface area contributed by atoms with Crippen LogP contribution in [-0.4, -0.2) is 78.7 Å². The second-order valence-corrected chi connectivity index (χ2v) is 7.58. The zero-order valence-corrected chi connectivity index (χ0v) is 19.5. The normalized spacial score (nSPS) is 14.0. The van der Waals surface area contributed by atoms with Gasteiger partial charge in [0.05, 0.1) is 13.2 Å². The van der Waals surface area contributed by atoms with Crippen molar-refractivity contribution in [1.82, 2.24) is 4.90 Å². The van der Waals surface area contributed by atoms with Gasteiger partial charge in [0.25, 0.3) is 0 Å². The fourth-order valence-corrected chi connectivity index (χ4v) is 3.03. The first-order valence-corrected chi connectivity index (χ1v) is 11.3. The molecule has 1 aromatic carbocycles. The minimum Gasteiger partial charge on any atom is -0.494 e. The van der Waals surface area contributed by atoms with Gasteiger partial charge in [-0.15, -0.1) is 0 Å². The summed E-state index contributed by atoms with van der Waals surface area (Å²) >= 11 is 0. The van der Waals surface area contributed by atoms with E-state index in [9.17, 15) is 4.79 Å². The topological polar surface area (TPSA) is 135 Å². The summed E-state index contributed by atoms with van der Waals surface area (Å²) in [6.45, 7) is 8.82. The first kappa shape index (κ1) is 28.2. The molecule has 0 saturated carbocycles. The van der Waals surface area contributed by atoms with E-state index in [0.29, 0.717) is 25.5 Å². The van der Waals surface area contributed by atoms with Crippen LogP contribution >= 0.6 is 0 Å². The number of carboxylic acids is 2. The fraction of sp³-hybridized carbons (Fsp3) is 0.609. The molecule has 3 N–H and O–H groups in total. The molecule has 10 heteroatoms. The van der Waals surface area contributed by atoms with Crippen LogP contribution in [0.4, 0.5) is 10.5 Å². The smallest absolute Gasteiger partial charge is 0.414 e. The molecule has 186 valence electrons. The van der Waals surface area contributed by atoms with Crippen LogP contribution in [0.3, 0.4) is 0 Å². The number of anilines is 1. The van der Waals surface area contributed by atoms with Gasteiger partial charge in [-0.25, -0.2) is 14.4 Å². The lowest BCUT2D eigenvalue weighted by Gasteiger charge is -2.23. The molecular formula is C23H36N2O8. The Morgan fingerprint density at radius 2 is 1.76 bits per heavy atom. The minimum absolute atomic E-state index is 0.265. The van der Waals surface area contributed by atoms with Crippen molar-refractivity contribution in [3.05, 3.63) is 24.3 Å². The van der Waals surface area contributed by atoms with E-state index in [1.807, 2.05) is 24.3 Å². The summed E-state index contributed by atoms with van der Waals surface area (Å²) in [6.07, 6.45) is 4.74. The van der Waals surface area contributed by atoms with Crippen LogP contribution in [-0.2, 0) is 19.1 Å². The van der Waals surface area contributed by atoms with E-state index in [0.717, 1.165) is 44.6 Å². The van der Waals surface area contributed by atoms with Crippen molar-refractivity contribution in [2.24, 2.45) is 0 Å². The number of amides is 1. The molecule has 1 aliphatic heterocycles. The van der Waals surface area contributed by atoms with E-state index in [2.05, 4.69) is 24.1 Å². The maximum Gasteiger partial charge on any atom is 0.414 e. The zero-order valence-electron chi connectivity index (χ0n) is 19.5. The van der Waals surface area contributed by atoms with Gasteiger partial charge in [-0.05, 0) is 50.9 Å². The average molecular weight is 469 g/mol. The van der Waals surface area contributed by atoms with Gasteiger partial charge in [-0.1, -0.05) is 26.3 Å². The Labute approximate surface area is 194 Å². The molecule has 1 unspecified atom stereocenters. The predicted molar refractivity (Wildman–Crippen MR) is 123 cm³/mol. The maximum atomic E-state index is 12.4. The molecule has 33 heavy (non-hydrogen) atoms. The third-order valence-corrected chi connectivity index (χ3v) is 4.62. The number of hydrogen-bond donors (Lipinski definition) is 3. The predicted octanol–water partition coefficient (Wildman–Crippen LogP) is 3.46. The number of carbonyl (C=O) groups is 3. The lowest BCUT2D eigenvalue weighted by Crippen LogP contribution is -2.37. The molecule has 1 heterocycles. The van der Waals surface area contributed by atoms with Crippen LogP contribution in [0.5, 0.6) is 5.75 Å².